The Kier molecular flexibility index (Phi) is 4.34. The van der Waals surface area contributed by atoms with Gasteiger partial charge in [-0.1, -0.05) is 57.7 Å². The minimum atomic E-state index is -1.64. The molecule has 0 radical (unpaired) electrons. The van der Waals surface area contributed by atoms with Crippen LogP contribution in [0.3, 0.4) is 0 Å². The highest BCUT2D eigenvalue weighted by atomic mass is 28.3. The van der Waals surface area contributed by atoms with Crippen LogP contribution in [0.2, 0.25) is 12.1 Å². The normalized spacial score (nSPS) is 22.8. The van der Waals surface area contributed by atoms with Crippen molar-refractivity contribution >= 4 is 8.24 Å². The summed E-state index contributed by atoms with van der Waals surface area (Å²) in [4.78, 5) is 3.99. The Morgan fingerprint density at radius 2 is 1.83 bits per heavy atom. The second-order valence-corrected chi connectivity index (χ2v) is 12.2. The summed E-state index contributed by atoms with van der Waals surface area (Å²) < 4.78 is 0. The molecular weight excluding hydrogens is 234 g/mol. The van der Waals surface area contributed by atoms with Crippen LogP contribution in [0.5, 0.6) is 0 Å². The van der Waals surface area contributed by atoms with Crippen LogP contribution in [0.4, 0.5) is 0 Å². The van der Waals surface area contributed by atoms with Gasteiger partial charge < -0.3 is 4.98 Å². The summed E-state index contributed by atoms with van der Waals surface area (Å²) in [5.74, 6) is 0. The van der Waals surface area contributed by atoms with Crippen LogP contribution >= 0.6 is 0 Å². The average Bonchev–Trinajstić information content (AvgIpc) is 2.13. The lowest BCUT2D eigenvalue weighted by molar-refractivity contribution is 0.450. The lowest BCUT2D eigenvalue weighted by atomic mass is 9.86. The van der Waals surface area contributed by atoms with Gasteiger partial charge in [0.05, 0.1) is 0 Å². The average molecular weight is 266 g/mol. The first kappa shape index (κ1) is 15.7. The predicted molar refractivity (Wildman–Crippen MR) is 85.2 cm³/mol. The fourth-order valence-corrected chi connectivity index (χ4v) is 7.59. The van der Waals surface area contributed by atoms with Gasteiger partial charge in [-0.05, 0) is 38.1 Å². The standard InChI is InChI=1S/C16H31NSi/c1-13(2)18(8,17-15(3,4)5)14-11-9-10-12-16(14,6)7/h9-11,13,17H,12H2,1-8H3. The maximum atomic E-state index is 3.99. The fourth-order valence-electron chi connectivity index (χ4n) is 3.04. The Balaban J connectivity index is 3.20. The monoisotopic (exact) mass is 265 g/mol. The van der Waals surface area contributed by atoms with Crippen molar-refractivity contribution in [1.29, 1.82) is 0 Å². The van der Waals surface area contributed by atoms with Gasteiger partial charge in [0, 0.05) is 5.54 Å². The number of allylic oxidation sites excluding steroid dienone is 4. The summed E-state index contributed by atoms with van der Waals surface area (Å²) in [6.07, 6.45) is 8.10. The molecule has 0 fully saturated rings. The topological polar surface area (TPSA) is 12.0 Å². The van der Waals surface area contributed by atoms with Crippen molar-refractivity contribution in [2.24, 2.45) is 5.41 Å². The van der Waals surface area contributed by atoms with E-state index in [0.717, 1.165) is 0 Å². The highest BCUT2D eigenvalue weighted by molar-refractivity contribution is 6.84. The zero-order valence-corrected chi connectivity index (χ0v) is 14.5. The van der Waals surface area contributed by atoms with E-state index in [1.54, 1.807) is 5.20 Å². The van der Waals surface area contributed by atoms with Crippen molar-refractivity contribution in [3.63, 3.8) is 0 Å². The van der Waals surface area contributed by atoms with Crippen LogP contribution < -0.4 is 4.98 Å². The van der Waals surface area contributed by atoms with Gasteiger partial charge in [0.1, 0.15) is 0 Å². The lowest BCUT2D eigenvalue weighted by Crippen LogP contribution is -2.61. The summed E-state index contributed by atoms with van der Waals surface area (Å²) in [6, 6.07) is 0. The third kappa shape index (κ3) is 3.36. The van der Waals surface area contributed by atoms with Gasteiger partial charge in [0.15, 0.2) is 8.24 Å². The third-order valence-corrected chi connectivity index (χ3v) is 9.65. The van der Waals surface area contributed by atoms with Crippen LogP contribution in [0.15, 0.2) is 23.4 Å². The number of hydrogen-bond donors (Lipinski definition) is 1. The molecule has 0 bridgehead atoms. The first-order chi connectivity index (χ1) is 7.99. The maximum absolute atomic E-state index is 3.99. The van der Waals surface area contributed by atoms with E-state index in [1.165, 1.54) is 6.42 Å². The molecule has 0 heterocycles. The molecule has 0 spiro atoms. The zero-order valence-electron chi connectivity index (χ0n) is 13.5. The summed E-state index contributed by atoms with van der Waals surface area (Å²) in [5, 5.41) is 1.67. The Hall–Kier alpha value is -0.343. The lowest BCUT2D eigenvalue weighted by Gasteiger charge is -2.47. The summed E-state index contributed by atoms with van der Waals surface area (Å²) >= 11 is 0. The van der Waals surface area contributed by atoms with E-state index in [0.29, 0.717) is 11.0 Å². The quantitative estimate of drug-likeness (QED) is 0.722. The molecule has 104 valence electrons. The SMILES string of the molecule is CC(C)[Si](C)(NC(C)(C)C)C1=CC=CCC1(C)C. The highest BCUT2D eigenvalue weighted by Crippen LogP contribution is 2.42. The molecule has 1 aliphatic carbocycles. The molecule has 0 aliphatic heterocycles. The molecule has 0 amide bonds. The van der Waals surface area contributed by atoms with Crippen molar-refractivity contribution in [3.05, 3.63) is 23.4 Å². The van der Waals surface area contributed by atoms with E-state index in [-0.39, 0.29) is 5.54 Å². The maximum Gasteiger partial charge on any atom is 0.154 e. The Morgan fingerprint density at radius 1 is 1.28 bits per heavy atom. The molecule has 1 nitrogen and oxygen atoms in total. The van der Waals surface area contributed by atoms with Gasteiger partial charge in [-0.15, -0.1) is 0 Å². The van der Waals surface area contributed by atoms with Crippen LogP contribution in [0.1, 0.15) is 54.9 Å². The van der Waals surface area contributed by atoms with Crippen LogP contribution in [0, 0.1) is 5.41 Å². The predicted octanol–water partition coefficient (Wildman–Crippen LogP) is 4.81. The van der Waals surface area contributed by atoms with Crippen LogP contribution in [-0.4, -0.2) is 13.8 Å². The van der Waals surface area contributed by atoms with Gasteiger partial charge >= 0.3 is 0 Å². The van der Waals surface area contributed by atoms with Crippen LogP contribution in [0.25, 0.3) is 0 Å². The van der Waals surface area contributed by atoms with E-state index in [2.05, 4.69) is 78.2 Å². The largest absolute Gasteiger partial charge is 0.329 e. The van der Waals surface area contributed by atoms with Gasteiger partial charge in [-0.3, -0.25) is 0 Å². The van der Waals surface area contributed by atoms with E-state index in [9.17, 15) is 0 Å². The molecule has 18 heavy (non-hydrogen) atoms. The molecule has 0 saturated heterocycles. The minimum absolute atomic E-state index is 0.184. The summed E-state index contributed by atoms with van der Waals surface area (Å²) in [5.41, 5.74) is 1.19. The smallest absolute Gasteiger partial charge is 0.154 e. The molecule has 0 aromatic rings. The van der Waals surface area contributed by atoms with Gasteiger partial charge in [-0.2, -0.15) is 0 Å². The highest BCUT2D eigenvalue weighted by Gasteiger charge is 2.44. The summed E-state index contributed by atoms with van der Waals surface area (Å²) in [7, 11) is -1.64. The fraction of sp³-hybridized carbons (Fsp3) is 0.750. The molecule has 0 saturated carbocycles. The molecular formula is C16H31NSi. The minimum Gasteiger partial charge on any atom is -0.329 e. The van der Waals surface area contributed by atoms with Crippen molar-refractivity contribution < 1.29 is 0 Å². The van der Waals surface area contributed by atoms with Gasteiger partial charge in [0.2, 0.25) is 0 Å². The summed E-state index contributed by atoms with van der Waals surface area (Å²) in [6.45, 7) is 18.9. The zero-order chi connectivity index (χ0) is 14.2. The van der Waals surface area contributed by atoms with Crippen molar-refractivity contribution in [3.8, 4) is 0 Å². The molecule has 1 N–H and O–H groups in total. The molecule has 2 heteroatoms. The molecule has 1 atom stereocenters. The Morgan fingerprint density at radius 3 is 2.22 bits per heavy atom. The second kappa shape index (κ2) is 4.97. The second-order valence-electron chi connectivity index (χ2n) is 7.83. The van der Waals surface area contributed by atoms with Crippen molar-refractivity contribution in [2.45, 2.75) is 72.5 Å². The van der Waals surface area contributed by atoms with E-state index in [1.807, 2.05) is 0 Å². The Labute approximate surface area is 115 Å². The molecule has 1 aliphatic rings. The third-order valence-electron chi connectivity index (χ3n) is 4.11. The number of nitrogens with one attached hydrogen (secondary N) is 1. The number of rotatable bonds is 3. The van der Waals surface area contributed by atoms with E-state index < -0.39 is 8.24 Å². The molecule has 1 rings (SSSR count). The van der Waals surface area contributed by atoms with Gasteiger partial charge in [-0.25, -0.2) is 0 Å². The van der Waals surface area contributed by atoms with E-state index >= 15 is 0 Å². The first-order valence-electron chi connectivity index (χ1n) is 7.16. The van der Waals surface area contributed by atoms with E-state index in [4.69, 9.17) is 0 Å². The molecule has 0 aromatic heterocycles. The first-order valence-corrected chi connectivity index (χ1v) is 9.74. The molecule has 1 unspecified atom stereocenters. The van der Waals surface area contributed by atoms with Gasteiger partial charge in [0.25, 0.3) is 0 Å². The van der Waals surface area contributed by atoms with Crippen molar-refractivity contribution in [1.82, 2.24) is 4.98 Å². The van der Waals surface area contributed by atoms with Crippen LogP contribution in [-0.2, 0) is 0 Å². The number of hydrogen-bond acceptors (Lipinski definition) is 1. The Bertz CT molecular complexity index is 358. The molecule has 0 aromatic carbocycles. The van der Waals surface area contributed by atoms with Crippen molar-refractivity contribution in [2.75, 3.05) is 0 Å².